The molecule has 2 aromatic carbocycles. The van der Waals surface area contributed by atoms with Crippen LogP contribution < -0.4 is 4.90 Å². The van der Waals surface area contributed by atoms with Gasteiger partial charge < -0.3 is 9.64 Å². The monoisotopic (exact) mass is 440 g/mol. The van der Waals surface area contributed by atoms with Gasteiger partial charge in [-0.1, -0.05) is 30.3 Å². The number of nitrogens with zero attached hydrogens (tertiary/aromatic N) is 4. The zero-order valence-corrected chi connectivity index (χ0v) is 17.0. The molecule has 0 aliphatic carbocycles. The first-order valence-corrected chi connectivity index (χ1v) is 10.1. The third-order valence-electron chi connectivity index (χ3n) is 5.68. The predicted octanol–water partition coefficient (Wildman–Crippen LogP) is 3.19. The summed E-state index contributed by atoms with van der Waals surface area (Å²) in [7, 11) is 0. The standard InChI is InChI=1S/C21H20N4O7/c26-20(17-7-4-9-22(17)21(27)32-13-14-5-2-1-3-6-14)23-10-8-15-11-16(24(28)29)12-18(19(15)23)25(30)31/h1-3,5-6,11-12,17H,4,7-10,13H2/t17-/m0/s1. The van der Waals surface area contributed by atoms with Gasteiger partial charge in [-0.05, 0) is 30.4 Å². The maximum absolute atomic E-state index is 13.3. The summed E-state index contributed by atoms with van der Waals surface area (Å²) in [4.78, 5) is 49.9. The van der Waals surface area contributed by atoms with E-state index in [1.807, 2.05) is 30.3 Å². The van der Waals surface area contributed by atoms with E-state index in [0.29, 0.717) is 24.9 Å². The Morgan fingerprint density at radius 1 is 1.06 bits per heavy atom. The van der Waals surface area contributed by atoms with Crippen molar-refractivity contribution in [2.24, 2.45) is 0 Å². The first-order valence-electron chi connectivity index (χ1n) is 10.1. The maximum atomic E-state index is 13.3. The Hall–Kier alpha value is -4.02. The molecule has 0 aromatic heterocycles. The highest BCUT2D eigenvalue weighted by Crippen LogP contribution is 2.41. The van der Waals surface area contributed by atoms with Gasteiger partial charge in [-0.2, -0.15) is 0 Å². The van der Waals surface area contributed by atoms with Crippen molar-refractivity contribution in [3.8, 4) is 0 Å². The molecule has 2 aliphatic rings. The zero-order chi connectivity index (χ0) is 22.8. The van der Waals surface area contributed by atoms with Gasteiger partial charge in [0.05, 0.1) is 15.9 Å². The number of anilines is 1. The van der Waals surface area contributed by atoms with Gasteiger partial charge in [-0.25, -0.2) is 4.79 Å². The molecule has 4 rings (SSSR count). The lowest BCUT2D eigenvalue weighted by Gasteiger charge is -2.27. The number of non-ortho nitro benzene ring substituents is 1. The number of ether oxygens (including phenoxy) is 1. The second-order valence-corrected chi connectivity index (χ2v) is 7.62. The van der Waals surface area contributed by atoms with Crippen molar-refractivity contribution in [1.29, 1.82) is 0 Å². The molecule has 2 amide bonds. The Morgan fingerprint density at radius 2 is 1.81 bits per heavy atom. The van der Waals surface area contributed by atoms with Crippen molar-refractivity contribution in [1.82, 2.24) is 4.90 Å². The van der Waals surface area contributed by atoms with E-state index in [4.69, 9.17) is 4.74 Å². The Labute approximate surface area is 182 Å². The lowest BCUT2D eigenvalue weighted by Crippen LogP contribution is -2.47. The van der Waals surface area contributed by atoms with Gasteiger partial charge in [0.1, 0.15) is 18.3 Å². The van der Waals surface area contributed by atoms with Gasteiger partial charge in [-0.3, -0.25) is 29.9 Å². The Bertz CT molecular complexity index is 1090. The summed E-state index contributed by atoms with van der Waals surface area (Å²) < 4.78 is 5.36. The van der Waals surface area contributed by atoms with Crippen LogP contribution in [0.2, 0.25) is 0 Å². The topological polar surface area (TPSA) is 136 Å². The van der Waals surface area contributed by atoms with E-state index in [1.165, 1.54) is 15.9 Å². The Morgan fingerprint density at radius 3 is 2.50 bits per heavy atom. The van der Waals surface area contributed by atoms with Crippen LogP contribution >= 0.6 is 0 Å². The summed E-state index contributed by atoms with van der Waals surface area (Å²) in [5, 5.41) is 22.7. The normalized spacial score (nSPS) is 17.2. The van der Waals surface area contributed by atoms with Crippen LogP contribution in [0.5, 0.6) is 0 Å². The van der Waals surface area contributed by atoms with E-state index in [9.17, 15) is 29.8 Å². The van der Waals surface area contributed by atoms with Crippen molar-refractivity contribution in [3.63, 3.8) is 0 Å². The lowest BCUT2D eigenvalue weighted by molar-refractivity contribution is -0.393. The molecule has 0 radical (unpaired) electrons. The van der Waals surface area contributed by atoms with Crippen molar-refractivity contribution in [2.45, 2.75) is 31.9 Å². The fraction of sp³-hybridized carbons (Fsp3) is 0.333. The molecule has 11 nitrogen and oxygen atoms in total. The quantitative estimate of drug-likeness (QED) is 0.514. The summed E-state index contributed by atoms with van der Waals surface area (Å²) in [6.07, 6.45) is 0.642. The second kappa shape index (κ2) is 8.61. The molecule has 0 saturated carbocycles. The number of carbonyl (C=O) groups is 2. The number of nitro benzene ring substituents is 2. The highest BCUT2D eigenvalue weighted by Gasteiger charge is 2.42. The number of hydrogen-bond donors (Lipinski definition) is 0. The second-order valence-electron chi connectivity index (χ2n) is 7.62. The number of fused-ring (bicyclic) bond motifs is 1. The number of rotatable bonds is 5. The molecule has 166 valence electrons. The number of amides is 2. The highest BCUT2D eigenvalue weighted by atomic mass is 16.6. The number of likely N-dealkylation sites (tertiary alicyclic amines) is 1. The summed E-state index contributed by atoms with van der Waals surface area (Å²) in [6.45, 7) is 0.561. The molecular weight excluding hydrogens is 420 g/mol. The van der Waals surface area contributed by atoms with Crippen LogP contribution in [-0.2, 0) is 22.6 Å². The molecule has 1 saturated heterocycles. The third kappa shape index (κ3) is 3.96. The molecule has 2 aliphatic heterocycles. The van der Waals surface area contributed by atoms with Crippen molar-refractivity contribution < 1.29 is 24.2 Å². The first kappa shape index (κ1) is 21.2. The average molecular weight is 440 g/mol. The molecule has 0 spiro atoms. The van der Waals surface area contributed by atoms with Crippen LogP contribution in [0.3, 0.4) is 0 Å². The fourth-order valence-electron chi connectivity index (χ4n) is 4.20. The molecule has 2 heterocycles. The van der Waals surface area contributed by atoms with Crippen LogP contribution in [0.15, 0.2) is 42.5 Å². The fourth-order valence-corrected chi connectivity index (χ4v) is 4.20. The highest BCUT2D eigenvalue weighted by molar-refractivity contribution is 6.02. The zero-order valence-electron chi connectivity index (χ0n) is 17.0. The van der Waals surface area contributed by atoms with E-state index >= 15 is 0 Å². The van der Waals surface area contributed by atoms with E-state index in [2.05, 4.69) is 0 Å². The van der Waals surface area contributed by atoms with Crippen LogP contribution in [0.1, 0.15) is 24.0 Å². The molecule has 1 atom stereocenters. The molecule has 0 N–H and O–H groups in total. The van der Waals surface area contributed by atoms with Crippen molar-refractivity contribution >= 4 is 29.1 Å². The van der Waals surface area contributed by atoms with E-state index in [1.54, 1.807) is 0 Å². The number of nitro groups is 2. The van der Waals surface area contributed by atoms with Gasteiger partial charge >= 0.3 is 6.09 Å². The number of carbonyl (C=O) groups excluding carboxylic acids is 2. The summed E-state index contributed by atoms with van der Waals surface area (Å²) in [5.74, 6) is -0.449. The molecule has 11 heteroatoms. The molecule has 32 heavy (non-hydrogen) atoms. The van der Waals surface area contributed by atoms with E-state index < -0.39 is 39.3 Å². The van der Waals surface area contributed by atoms with Gasteiger partial charge in [0.15, 0.2) is 0 Å². The summed E-state index contributed by atoms with van der Waals surface area (Å²) in [6, 6.07) is 10.5. The molecule has 2 aromatic rings. The van der Waals surface area contributed by atoms with E-state index in [-0.39, 0.29) is 25.3 Å². The minimum atomic E-state index is -0.806. The minimum Gasteiger partial charge on any atom is -0.445 e. The van der Waals surface area contributed by atoms with Gasteiger partial charge in [-0.15, -0.1) is 0 Å². The van der Waals surface area contributed by atoms with Crippen LogP contribution in [0.25, 0.3) is 0 Å². The van der Waals surface area contributed by atoms with Crippen LogP contribution in [-0.4, -0.2) is 45.9 Å². The van der Waals surface area contributed by atoms with E-state index in [0.717, 1.165) is 11.6 Å². The Kier molecular flexibility index (Phi) is 5.71. The molecule has 1 fully saturated rings. The largest absolute Gasteiger partial charge is 0.445 e. The number of hydrogen-bond acceptors (Lipinski definition) is 7. The lowest BCUT2D eigenvalue weighted by atomic mass is 10.1. The van der Waals surface area contributed by atoms with Gasteiger partial charge in [0.2, 0.25) is 5.91 Å². The van der Waals surface area contributed by atoms with Crippen molar-refractivity contribution in [2.75, 3.05) is 18.0 Å². The summed E-state index contributed by atoms with van der Waals surface area (Å²) >= 11 is 0. The molecular formula is C21H20N4O7. The number of benzene rings is 2. The van der Waals surface area contributed by atoms with Gasteiger partial charge in [0.25, 0.3) is 11.4 Å². The predicted molar refractivity (Wildman–Crippen MR) is 112 cm³/mol. The smallest absolute Gasteiger partial charge is 0.410 e. The maximum Gasteiger partial charge on any atom is 0.410 e. The minimum absolute atomic E-state index is 0.0649. The van der Waals surface area contributed by atoms with Crippen LogP contribution in [0.4, 0.5) is 21.9 Å². The van der Waals surface area contributed by atoms with Crippen molar-refractivity contribution in [3.05, 3.63) is 73.8 Å². The van der Waals surface area contributed by atoms with Crippen LogP contribution in [0, 0.1) is 20.2 Å². The molecule has 0 unspecified atom stereocenters. The SMILES string of the molecule is O=C([C@@H]1CCCN1C(=O)OCc1ccccc1)N1CCc2cc([N+](=O)[O-])cc([N+](=O)[O-])c21. The average Bonchev–Trinajstić information content (AvgIpc) is 3.44. The first-order chi connectivity index (χ1) is 15.4. The Balaban J connectivity index is 1.54. The molecule has 0 bridgehead atoms. The van der Waals surface area contributed by atoms with Gasteiger partial charge in [0, 0.05) is 19.2 Å². The summed E-state index contributed by atoms with van der Waals surface area (Å²) in [5.41, 5.74) is 0.368. The third-order valence-corrected chi connectivity index (χ3v) is 5.68.